The smallest absolute Gasteiger partial charge is 0.300 e. The summed E-state index contributed by atoms with van der Waals surface area (Å²) in [5.74, 6) is -0.919. The Morgan fingerprint density at radius 2 is 1.96 bits per heavy atom. The minimum atomic E-state index is -3.91. The Kier molecular flexibility index (Phi) is 6.22. The highest BCUT2D eigenvalue weighted by atomic mass is 32.2. The highest BCUT2D eigenvalue weighted by molar-refractivity contribution is 7.84. The number of halogens is 1. The second-order valence-electron chi connectivity index (χ2n) is 5.38. The van der Waals surface area contributed by atoms with E-state index < -0.39 is 22.8 Å². The molecule has 0 unspecified atom stereocenters. The number of thiazole rings is 1. The fourth-order valence-corrected chi connectivity index (χ4v) is 3.30. The van der Waals surface area contributed by atoms with Crippen LogP contribution in [0.3, 0.4) is 0 Å². The van der Waals surface area contributed by atoms with Gasteiger partial charge in [0.05, 0.1) is 5.69 Å². The van der Waals surface area contributed by atoms with E-state index in [0.29, 0.717) is 11.6 Å². The standard InChI is InChI=1S/C15H18FN3O4S2/c1-10-13(8-11-4-6-12(16)7-5-11)24-15(17-10)18-14(20)9-23-25(21,22)19(2)3/h4-7H,8-9H2,1-3H3,(H,17,18,20). The molecular weight excluding hydrogens is 369 g/mol. The summed E-state index contributed by atoms with van der Waals surface area (Å²) in [4.78, 5) is 17.0. The SMILES string of the molecule is Cc1nc(NC(=O)COS(=O)(=O)N(C)C)sc1Cc1ccc(F)cc1. The van der Waals surface area contributed by atoms with Gasteiger partial charge in [-0.25, -0.2) is 13.6 Å². The molecule has 1 aromatic carbocycles. The molecule has 1 aromatic heterocycles. The molecule has 10 heteroatoms. The van der Waals surface area contributed by atoms with E-state index in [1.54, 1.807) is 19.1 Å². The zero-order chi connectivity index (χ0) is 18.6. The van der Waals surface area contributed by atoms with Crippen molar-refractivity contribution >= 4 is 32.7 Å². The molecule has 0 aliphatic rings. The first-order chi connectivity index (χ1) is 11.7. The minimum absolute atomic E-state index is 0.301. The van der Waals surface area contributed by atoms with Crippen molar-refractivity contribution in [2.75, 3.05) is 26.0 Å². The lowest BCUT2D eigenvalue weighted by molar-refractivity contribution is -0.118. The highest BCUT2D eigenvalue weighted by Gasteiger charge is 2.17. The lowest BCUT2D eigenvalue weighted by Crippen LogP contribution is -2.28. The molecule has 0 radical (unpaired) electrons. The van der Waals surface area contributed by atoms with Gasteiger partial charge in [0.2, 0.25) is 0 Å². The van der Waals surface area contributed by atoms with E-state index >= 15 is 0 Å². The molecule has 0 bridgehead atoms. The molecule has 2 aromatic rings. The number of carbonyl (C=O) groups is 1. The first kappa shape index (κ1) is 19.4. The summed E-state index contributed by atoms with van der Waals surface area (Å²) >= 11 is 1.27. The number of anilines is 1. The highest BCUT2D eigenvalue weighted by Crippen LogP contribution is 2.25. The number of benzene rings is 1. The average Bonchev–Trinajstić information content (AvgIpc) is 2.87. The fraction of sp³-hybridized carbons (Fsp3) is 0.333. The second kappa shape index (κ2) is 8.00. The van der Waals surface area contributed by atoms with Gasteiger partial charge in [0.1, 0.15) is 12.4 Å². The van der Waals surface area contributed by atoms with E-state index in [-0.39, 0.29) is 5.82 Å². The van der Waals surface area contributed by atoms with Crippen LogP contribution in [0.2, 0.25) is 0 Å². The van der Waals surface area contributed by atoms with Gasteiger partial charge in [0, 0.05) is 25.4 Å². The first-order valence-electron chi connectivity index (χ1n) is 7.25. The van der Waals surface area contributed by atoms with Crippen molar-refractivity contribution in [3.8, 4) is 0 Å². The van der Waals surface area contributed by atoms with Crippen LogP contribution in [0, 0.1) is 12.7 Å². The molecule has 1 heterocycles. The van der Waals surface area contributed by atoms with E-state index in [4.69, 9.17) is 0 Å². The number of nitrogens with zero attached hydrogens (tertiary/aromatic N) is 2. The van der Waals surface area contributed by atoms with Gasteiger partial charge in [-0.05, 0) is 24.6 Å². The predicted molar refractivity (Wildman–Crippen MR) is 93.2 cm³/mol. The summed E-state index contributed by atoms with van der Waals surface area (Å²) < 4.78 is 41.3. The second-order valence-corrected chi connectivity index (χ2v) is 8.29. The van der Waals surface area contributed by atoms with Crippen molar-refractivity contribution < 1.29 is 21.8 Å². The Morgan fingerprint density at radius 1 is 1.32 bits per heavy atom. The predicted octanol–water partition coefficient (Wildman–Crippen LogP) is 1.94. The van der Waals surface area contributed by atoms with Crippen molar-refractivity contribution in [2.24, 2.45) is 0 Å². The van der Waals surface area contributed by atoms with Gasteiger partial charge in [-0.3, -0.25) is 10.1 Å². The molecule has 1 N–H and O–H groups in total. The van der Waals surface area contributed by atoms with Crippen LogP contribution in [-0.4, -0.2) is 44.3 Å². The van der Waals surface area contributed by atoms with Crippen LogP contribution in [0.5, 0.6) is 0 Å². The molecule has 1 amide bonds. The number of amides is 1. The molecule has 0 fully saturated rings. The van der Waals surface area contributed by atoms with Crippen molar-refractivity contribution in [2.45, 2.75) is 13.3 Å². The molecule has 0 saturated heterocycles. The maximum Gasteiger partial charge on any atom is 0.338 e. The van der Waals surface area contributed by atoms with Gasteiger partial charge in [-0.15, -0.1) is 11.3 Å². The summed E-state index contributed by atoms with van der Waals surface area (Å²) in [6.45, 7) is 1.17. The van der Waals surface area contributed by atoms with Crippen molar-refractivity contribution in [3.05, 3.63) is 46.2 Å². The summed E-state index contributed by atoms with van der Waals surface area (Å²) in [7, 11) is -1.30. The molecule has 25 heavy (non-hydrogen) atoms. The first-order valence-corrected chi connectivity index (χ1v) is 9.43. The van der Waals surface area contributed by atoms with Gasteiger partial charge < -0.3 is 0 Å². The van der Waals surface area contributed by atoms with Gasteiger partial charge >= 0.3 is 10.3 Å². The lowest BCUT2D eigenvalue weighted by Gasteiger charge is -2.10. The Labute approximate surface area is 149 Å². The van der Waals surface area contributed by atoms with Crippen LogP contribution in [0.1, 0.15) is 16.1 Å². The quantitative estimate of drug-likeness (QED) is 0.784. The molecule has 0 atom stereocenters. The minimum Gasteiger partial charge on any atom is -0.300 e. The topological polar surface area (TPSA) is 88.6 Å². The lowest BCUT2D eigenvalue weighted by atomic mass is 10.1. The molecule has 0 aliphatic carbocycles. The molecule has 7 nitrogen and oxygen atoms in total. The molecular formula is C15H18FN3O4S2. The van der Waals surface area contributed by atoms with Gasteiger partial charge in [0.25, 0.3) is 5.91 Å². The van der Waals surface area contributed by atoms with Crippen LogP contribution in [0.15, 0.2) is 24.3 Å². The summed E-state index contributed by atoms with van der Waals surface area (Å²) in [6, 6.07) is 6.15. The molecule has 0 aliphatic heterocycles. The zero-order valence-corrected chi connectivity index (χ0v) is 15.6. The van der Waals surface area contributed by atoms with Gasteiger partial charge in [-0.1, -0.05) is 12.1 Å². The normalized spacial score (nSPS) is 11.7. The molecule has 0 spiro atoms. The van der Waals surface area contributed by atoms with E-state index in [1.807, 2.05) is 0 Å². The molecule has 0 saturated carbocycles. The number of aromatic nitrogens is 1. The number of hydrogen-bond donors (Lipinski definition) is 1. The fourth-order valence-electron chi connectivity index (χ4n) is 1.82. The third-order valence-electron chi connectivity index (χ3n) is 3.20. The molecule has 136 valence electrons. The Balaban J connectivity index is 1.97. The maximum absolute atomic E-state index is 12.9. The third kappa shape index (κ3) is 5.56. The van der Waals surface area contributed by atoms with E-state index in [2.05, 4.69) is 14.5 Å². The summed E-state index contributed by atoms with van der Waals surface area (Å²) in [6.07, 6.45) is 0.561. The van der Waals surface area contributed by atoms with E-state index in [0.717, 1.165) is 20.4 Å². The van der Waals surface area contributed by atoms with Crippen molar-refractivity contribution in [1.82, 2.24) is 9.29 Å². The zero-order valence-electron chi connectivity index (χ0n) is 13.9. The number of nitrogens with one attached hydrogen (secondary N) is 1. The maximum atomic E-state index is 12.9. The van der Waals surface area contributed by atoms with Crippen LogP contribution in [-0.2, 0) is 25.7 Å². The summed E-state index contributed by atoms with van der Waals surface area (Å²) in [5.41, 5.74) is 1.66. The van der Waals surface area contributed by atoms with Gasteiger partial charge in [-0.2, -0.15) is 12.7 Å². The Morgan fingerprint density at radius 3 is 2.56 bits per heavy atom. The van der Waals surface area contributed by atoms with Crippen LogP contribution in [0.25, 0.3) is 0 Å². The van der Waals surface area contributed by atoms with Gasteiger partial charge in [0.15, 0.2) is 5.13 Å². The number of carbonyl (C=O) groups excluding carboxylic acids is 1. The average molecular weight is 387 g/mol. The monoisotopic (exact) mass is 387 g/mol. The van der Waals surface area contributed by atoms with E-state index in [1.165, 1.54) is 37.6 Å². The molecule has 2 rings (SSSR count). The van der Waals surface area contributed by atoms with Crippen LogP contribution in [0.4, 0.5) is 9.52 Å². The number of aryl methyl sites for hydroxylation is 1. The Bertz CT molecular complexity index is 848. The summed E-state index contributed by atoms with van der Waals surface area (Å²) in [5, 5.41) is 2.86. The van der Waals surface area contributed by atoms with E-state index in [9.17, 15) is 17.6 Å². The Hall–Kier alpha value is -1.88. The largest absolute Gasteiger partial charge is 0.338 e. The van der Waals surface area contributed by atoms with Crippen LogP contribution < -0.4 is 5.32 Å². The van der Waals surface area contributed by atoms with Crippen molar-refractivity contribution in [1.29, 1.82) is 0 Å². The third-order valence-corrected chi connectivity index (χ3v) is 5.59. The van der Waals surface area contributed by atoms with Crippen LogP contribution >= 0.6 is 11.3 Å². The van der Waals surface area contributed by atoms with Crippen molar-refractivity contribution in [3.63, 3.8) is 0 Å². The number of hydrogen-bond acceptors (Lipinski definition) is 6. The number of rotatable bonds is 7.